The van der Waals surface area contributed by atoms with Crippen molar-refractivity contribution in [2.24, 2.45) is 0 Å². The Bertz CT molecular complexity index is 889. The molecule has 0 unspecified atom stereocenters. The maximum atomic E-state index is 12.6. The molecular formula is C16H19BrN4O3S. The Labute approximate surface area is 154 Å². The van der Waals surface area contributed by atoms with Crippen LogP contribution >= 0.6 is 15.9 Å². The molecule has 1 amide bonds. The minimum Gasteiger partial charge on any atom is -0.349 e. The maximum Gasteiger partial charge on any atom is 0.250 e. The summed E-state index contributed by atoms with van der Waals surface area (Å²) in [6.07, 6.45) is 1.82. The van der Waals surface area contributed by atoms with Crippen molar-refractivity contribution in [2.45, 2.75) is 43.9 Å². The number of sulfone groups is 1. The number of nitrogens with one attached hydrogen (secondary N) is 1. The lowest BCUT2D eigenvalue weighted by molar-refractivity contribution is -0.119. The first-order chi connectivity index (χ1) is 11.8. The molecule has 1 aromatic carbocycles. The molecule has 1 fully saturated rings. The van der Waals surface area contributed by atoms with E-state index in [2.05, 4.69) is 31.4 Å². The van der Waals surface area contributed by atoms with Crippen molar-refractivity contribution >= 4 is 31.7 Å². The highest BCUT2D eigenvalue weighted by Crippen LogP contribution is 2.37. The number of aromatic nitrogens is 3. The van der Waals surface area contributed by atoms with Crippen LogP contribution in [0.4, 0.5) is 0 Å². The molecule has 0 aliphatic heterocycles. The van der Waals surface area contributed by atoms with Crippen LogP contribution in [0, 0.1) is 6.92 Å². The van der Waals surface area contributed by atoms with Crippen LogP contribution in [0.25, 0.3) is 0 Å². The van der Waals surface area contributed by atoms with Crippen molar-refractivity contribution in [3.05, 3.63) is 40.1 Å². The van der Waals surface area contributed by atoms with Gasteiger partial charge in [-0.05, 0) is 44.4 Å². The number of hydrogen-bond donors (Lipinski definition) is 1. The number of benzene rings is 1. The SMILES string of the molecule is Cc1nnc(S(=O)(=O)CC(=O)N[C@@H](C)c2ccc(Br)cc2)n1C1CC1. The Balaban J connectivity index is 1.70. The van der Waals surface area contributed by atoms with E-state index in [1.165, 1.54) is 0 Å². The predicted octanol–water partition coefficient (Wildman–Crippen LogP) is 2.34. The molecule has 1 saturated carbocycles. The number of carbonyl (C=O) groups excluding carboxylic acids is 1. The fraction of sp³-hybridized carbons (Fsp3) is 0.438. The van der Waals surface area contributed by atoms with Gasteiger partial charge in [-0.1, -0.05) is 28.1 Å². The van der Waals surface area contributed by atoms with Crippen molar-refractivity contribution in [1.82, 2.24) is 20.1 Å². The molecule has 3 rings (SSSR count). The van der Waals surface area contributed by atoms with Crippen LogP contribution in [0.1, 0.15) is 43.2 Å². The third-order valence-corrected chi connectivity index (χ3v) is 6.10. The lowest BCUT2D eigenvalue weighted by Gasteiger charge is -2.14. The minimum absolute atomic E-state index is 0.112. The van der Waals surface area contributed by atoms with Crippen molar-refractivity contribution in [1.29, 1.82) is 0 Å². The van der Waals surface area contributed by atoms with Crippen molar-refractivity contribution in [2.75, 3.05) is 5.75 Å². The molecule has 25 heavy (non-hydrogen) atoms. The van der Waals surface area contributed by atoms with Gasteiger partial charge in [0, 0.05) is 10.5 Å². The van der Waals surface area contributed by atoms with Gasteiger partial charge in [-0.15, -0.1) is 10.2 Å². The van der Waals surface area contributed by atoms with E-state index in [1.807, 2.05) is 31.2 Å². The summed E-state index contributed by atoms with van der Waals surface area (Å²) in [7, 11) is -3.84. The highest BCUT2D eigenvalue weighted by molar-refractivity contribution is 9.10. The number of hydrogen-bond acceptors (Lipinski definition) is 5. The number of aryl methyl sites for hydroxylation is 1. The number of carbonyl (C=O) groups is 1. The molecule has 7 nitrogen and oxygen atoms in total. The van der Waals surface area contributed by atoms with Gasteiger partial charge < -0.3 is 5.32 Å². The fourth-order valence-electron chi connectivity index (χ4n) is 2.67. The second kappa shape index (κ2) is 6.87. The zero-order valence-corrected chi connectivity index (χ0v) is 16.3. The summed E-state index contributed by atoms with van der Waals surface area (Å²) in [6, 6.07) is 7.32. The largest absolute Gasteiger partial charge is 0.349 e. The van der Waals surface area contributed by atoms with Gasteiger partial charge >= 0.3 is 0 Å². The van der Waals surface area contributed by atoms with Gasteiger partial charge in [0.2, 0.25) is 15.7 Å². The molecule has 0 radical (unpaired) electrons. The molecule has 9 heteroatoms. The van der Waals surface area contributed by atoms with Crippen LogP contribution in [0.5, 0.6) is 0 Å². The van der Waals surface area contributed by atoms with Gasteiger partial charge in [-0.2, -0.15) is 0 Å². The first kappa shape index (κ1) is 18.1. The molecule has 1 aliphatic carbocycles. The summed E-state index contributed by atoms with van der Waals surface area (Å²) in [5.74, 6) is -0.637. The van der Waals surface area contributed by atoms with Crippen LogP contribution in [0.3, 0.4) is 0 Å². The Kier molecular flexibility index (Phi) is 4.97. The first-order valence-electron chi connectivity index (χ1n) is 7.97. The van der Waals surface area contributed by atoms with Gasteiger partial charge in [0.15, 0.2) is 0 Å². The van der Waals surface area contributed by atoms with Crippen molar-refractivity contribution in [3.63, 3.8) is 0 Å². The summed E-state index contributed by atoms with van der Waals surface area (Å²) in [5, 5.41) is 10.3. The molecular weight excluding hydrogens is 408 g/mol. The van der Waals surface area contributed by atoms with Gasteiger partial charge in [0.1, 0.15) is 11.6 Å². The molecule has 1 aliphatic rings. The molecule has 0 spiro atoms. The van der Waals surface area contributed by atoms with Crippen LogP contribution in [-0.2, 0) is 14.6 Å². The van der Waals surface area contributed by atoms with Crippen LogP contribution in [0.2, 0.25) is 0 Å². The highest BCUT2D eigenvalue weighted by Gasteiger charge is 2.34. The Hall–Kier alpha value is -1.74. The van der Waals surface area contributed by atoms with E-state index in [-0.39, 0.29) is 17.2 Å². The average Bonchev–Trinajstić information content (AvgIpc) is 3.29. The van der Waals surface area contributed by atoms with Crippen molar-refractivity contribution < 1.29 is 13.2 Å². The highest BCUT2D eigenvalue weighted by atomic mass is 79.9. The lowest BCUT2D eigenvalue weighted by Crippen LogP contribution is -2.33. The quantitative estimate of drug-likeness (QED) is 0.764. The standard InChI is InChI=1S/C16H19BrN4O3S/c1-10(12-3-5-13(17)6-4-12)18-15(22)9-25(23,24)16-20-19-11(2)21(16)14-7-8-14/h3-6,10,14H,7-9H2,1-2H3,(H,18,22)/t10-/m0/s1. The molecule has 0 saturated heterocycles. The number of halogens is 1. The third kappa shape index (κ3) is 4.09. The van der Waals surface area contributed by atoms with E-state index in [0.29, 0.717) is 5.82 Å². The van der Waals surface area contributed by atoms with Gasteiger partial charge in [0.25, 0.3) is 5.16 Å². The van der Waals surface area contributed by atoms with Crippen molar-refractivity contribution in [3.8, 4) is 0 Å². The number of amides is 1. The van der Waals surface area contributed by atoms with E-state index in [0.717, 1.165) is 22.9 Å². The lowest BCUT2D eigenvalue weighted by atomic mass is 10.1. The third-order valence-electron chi connectivity index (χ3n) is 4.09. The maximum absolute atomic E-state index is 12.6. The van der Waals surface area contributed by atoms with Crippen LogP contribution in [-0.4, -0.2) is 34.8 Å². The zero-order valence-electron chi connectivity index (χ0n) is 13.9. The predicted molar refractivity (Wildman–Crippen MR) is 95.8 cm³/mol. The second-order valence-corrected chi connectivity index (χ2v) is 9.03. The summed E-state index contributed by atoms with van der Waals surface area (Å²) in [6.45, 7) is 3.53. The first-order valence-corrected chi connectivity index (χ1v) is 10.4. The van der Waals surface area contributed by atoms with E-state index in [4.69, 9.17) is 0 Å². The molecule has 1 heterocycles. The molecule has 0 bridgehead atoms. The van der Waals surface area contributed by atoms with Gasteiger partial charge in [-0.25, -0.2) is 8.42 Å². The summed E-state index contributed by atoms with van der Waals surface area (Å²) >= 11 is 3.35. The Morgan fingerprint density at radius 1 is 1.32 bits per heavy atom. The van der Waals surface area contributed by atoms with Crippen LogP contribution in [0.15, 0.2) is 33.9 Å². The second-order valence-electron chi connectivity index (χ2n) is 6.23. The Morgan fingerprint density at radius 2 is 1.96 bits per heavy atom. The topological polar surface area (TPSA) is 94.0 Å². The summed E-state index contributed by atoms with van der Waals surface area (Å²) in [4.78, 5) is 12.2. The summed E-state index contributed by atoms with van der Waals surface area (Å²) in [5.41, 5.74) is 0.894. The van der Waals surface area contributed by atoms with Gasteiger partial charge in [-0.3, -0.25) is 9.36 Å². The Morgan fingerprint density at radius 3 is 2.56 bits per heavy atom. The van der Waals surface area contributed by atoms with Crippen LogP contribution < -0.4 is 5.32 Å². The number of rotatable bonds is 6. The molecule has 1 atom stereocenters. The van der Waals surface area contributed by atoms with E-state index < -0.39 is 21.5 Å². The molecule has 1 N–H and O–H groups in total. The fourth-order valence-corrected chi connectivity index (χ4v) is 4.24. The normalized spacial score (nSPS) is 15.8. The van der Waals surface area contributed by atoms with E-state index >= 15 is 0 Å². The van der Waals surface area contributed by atoms with E-state index in [1.54, 1.807) is 11.5 Å². The molecule has 1 aromatic heterocycles. The molecule has 2 aromatic rings. The van der Waals surface area contributed by atoms with E-state index in [9.17, 15) is 13.2 Å². The monoisotopic (exact) mass is 426 g/mol. The molecule has 134 valence electrons. The zero-order chi connectivity index (χ0) is 18.2. The van der Waals surface area contributed by atoms with Gasteiger partial charge in [0.05, 0.1) is 6.04 Å². The number of nitrogens with zero attached hydrogens (tertiary/aromatic N) is 3. The smallest absolute Gasteiger partial charge is 0.250 e. The average molecular weight is 427 g/mol. The minimum atomic E-state index is -3.84. The summed E-state index contributed by atoms with van der Waals surface area (Å²) < 4.78 is 27.7.